The summed E-state index contributed by atoms with van der Waals surface area (Å²) in [6, 6.07) is 0.239. The number of carbonyl (C=O) groups excluding carboxylic acids is 1. The molecule has 0 heterocycles. The Morgan fingerprint density at radius 2 is 2.21 bits per heavy atom. The molecule has 4 heteroatoms. The molecular formula is C10H22N2OS. The highest BCUT2D eigenvalue weighted by Crippen LogP contribution is 2.05. The van der Waals surface area contributed by atoms with E-state index in [1.807, 2.05) is 13.2 Å². The van der Waals surface area contributed by atoms with Gasteiger partial charge >= 0.3 is 0 Å². The molecule has 0 aliphatic heterocycles. The first kappa shape index (κ1) is 13.8. The van der Waals surface area contributed by atoms with E-state index in [0.29, 0.717) is 6.54 Å². The van der Waals surface area contributed by atoms with Crippen molar-refractivity contribution in [2.45, 2.75) is 32.7 Å². The molecule has 84 valence electrons. The highest BCUT2D eigenvalue weighted by molar-refractivity contribution is 7.98. The predicted molar refractivity (Wildman–Crippen MR) is 63.4 cm³/mol. The number of hydrogen-bond acceptors (Lipinski definition) is 3. The molecular weight excluding hydrogens is 196 g/mol. The summed E-state index contributed by atoms with van der Waals surface area (Å²) in [5.74, 6) is 1.05. The summed E-state index contributed by atoms with van der Waals surface area (Å²) in [5.41, 5.74) is 5.54. The van der Waals surface area contributed by atoms with Crippen LogP contribution >= 0.6 is 11.8 Å². The fraction of sp³-hybridized carbons (Fsp3) is 0.900. The highest BCUT2D eigenvalue weighted by atomic mass is 32.2. The summed E-state index contributed by atoms with van der Waals surface area (Å²) in [6.45, 7) is 4.54. The lowest BCUT2D eigenvalue weighted by Crippen LogP contribution is -2.41. The molecule has 0 aliphatic rings. The zero-order valence-electron chi connectivity index (χ0n) is 9.38. The quantitative estimate of drug-likeness (QED) is 0.676. The smallest absolute Gasteiger partial charge is 0.224 e. The summed E-state index contributed by atoms with van der Waals surface area (Å²) in [5, 5.41) is 2.98. The Labute approximate surface area is 91.2 Å². The zero-order valence-corrected chi connectivity index (χ0v) is 10.2. The van der Waals surface area contributed by atoms with Crippen LogP contribution < -0.4 is 11.1 Å². The molecule has 0 aromatic heterocycles. The third-order valence-corrected chi connectivity index (χ3v) is 2.93. The topological polar surface area (TPSA) is 55.1 Å². The van der Waals surface area contributed by atoms with E-state index in [-0.39, 0.29) is 17.9 Å². The Balaban J connectivity index is 3.90. The Bertz CT molecular complexity index is 164. The number of rotatable bonds is 7. The van der Waals surface area contributed by atoms with Gasteiger partial charge in [-0.3, -0.25) is 4.79 Å². The Morgan fingerprint density at radius 1 is 1.57 bits per heavy atom. The molecule has 0 bridgehead atoms. The van der Waals surface area contributed by atoms with Crippen LogP contribution in [0.3, 0.4) is 0 Å². The lowest BCUT2D eigenvalue weighted by Gasteiger charge is -2.18. The van der Waals surface area contributed by atoms with Crippen molar-refractivity contribution in [2.75, 3.05) is 18.6 Å². The van der Waals surface area contributed by atoms with Gasteiger partial charge in [-0.25, -0.2) is 0 Å². The Morgan fingerprint density at radius 3 is 2.64 bits per heavy atom. The van der Waals surface area contributed by atoms with Gasteiger partial charge in [-0.2, -0.15) is 11.8 Å². The van der Waals surface area contributed by atoms with Crippen molar-refractivity contribution in [2.24, 2.45) is 11.7 Å². The summed E-state index contributed by atoms with van der Waals surface area (Å²) in [4.78, 5) is 11.6. The molecule has 0 saturated carbocycles. The van der Waals surface area contributed by atoms with E-state index >= 15 is 0 Å². The molecule has 0 aromatic rings. The molecule has 0 radical (unpaired) electrons. The largest absolute Gasteiger partial charge is 0.353 e. The maximum Gasteiger partial charge on any atom is 0.224 e. The first-order valence-electron chi connectivity index (χ1n) is 5.15. The van der Waals surface area contributed by atoms with Gasteiger partial charge in [0.25, 0.3) is 0 Å². The zero-order chi connectivity index (χ0) is 11.0. The fourth-order valence-corrected chi connectivity index (χ4v) is 1.94. The predicted octanol–water partition coefficient (Wildman–Crippen LogP) is 1.23. The van der Waals surface area contributed by atoms with Gasteiger partial charge in [-0.1, -0.05) is 13.3 Å². The Hall–Kier alpha value is -0.220. The molecule has 0 spiro atoms. The summed E-state index contributed by atoms with van der Waals surface area (Å²) in [6.07, 6.45) is 3.93. The summed E-state index contributed by atoms with van der Waals surface area (Å²) < 4.78 is 0. The van der Waals surface area contributed by atoms with E-state index in [1.54, 1.807) is 11.8 Å². The van der Waals surface area contributed by atoms with E-state index in [0.717, 1.165) is 18.6 Å². The van der Waals surface area contributed by atoms with Crippen LogP contribution in [-0.2, 0) is 4.79 Å². The van der Waals surface area contributed by atoms with E-state index in [1.165, 1.54) is 0 Å². The standard InChI is InChI=1S/C10H22N2OS/c1-4-5-9(6-11)10(13)12-8(2)7-14-3/h8-9H,4-7,11H2,1-3H3,(H,12,13). The molecule has 2 atom stereocenters. The van der Waals surface area contributed by atoms with Crippen molar-refractivity contribution in [1.82, 2.24) is 5.32 Å². The average Bonchev–Trinajstić information content (AvgIpc) is 2.14. The van der Waals surface area contributed by atoms with Gasteiger partial charge in [0.15, 0.2) is 0 Å². The number of thioether (sulfide) groups is 1. The minimum absolute atomic E-state index is 0.00990. The minimum atomic E-state index is -0.00990. The third-order valence-electron chi connectivity index (χ3n) is 2.10. The summed E-state index contributed by atoms with van der Waals surface area (Å²) in [7, 11) is 0. The van der Waals surface area contributed by atoms with Gasteiger partial charge in [-0.05, 0) is 19.6 Å². The average molecular weight is 218 g/mol. The van der Waals surface area contributed by atoms with Crippen molar-refractivity contribution in [3.8, 4) is 0 Å². The third kappa shape index (κ3) is 5.50. The van der Waals surface area contributed by atoms with E-state index < -0.39 is 0 Å². The van der Waals surface area contributed by atoms with Gasteiger partial charge in [0.2, 0.25) is 5.91 Å². The molecule has 14 heavy (non-hydrogen) atoms. The van der Waals surface area contributed by atoms with Gasteiger partial charge in [0.1, 0.15) is 0 Å². The number of carbonyl (C=O) groups is 1. The van der Waals surface area contributed by atoms with Gasteiger partial charge in [0, 0.05) is 18.3 Å². The fourth-order valence-electron chi connectivity index (χ4n) is 1.36. The van der Waals surface area contributed by atoms with Crippen LogP contribution in [0.2, 0.25) is 0 Å². The van der Waals surface area contributed by atoms with Crippen LogP contribution in [0.15, 0.2) is 0 Å². The van der Waals surface area contributed by atoms with Crippen LogP contribution in [0, 0.1) is 5.92 Å². The second-order valence-electron chi connectivity index (χ2n) is 3.59. The number of hydrogen-bond donors (Lipinski definition) is 2. The molecule has 1 amide bonds. The van der Waals surface area contributed by atoms with Crippen LogP contribution in [0.4, 0.5) is 0 Å². The van der Waals surface area contributed by atoms with Crippen molar-refractivity contribution < 1.29 is 4.79 Å². The lowest BCUT2D eigenvalue weighted by atomic mass is 10.0. The normalized spacial score (nSPS) is 14.9. The maximum absolute atomic E-state index is 11.6. The minimum Gasteiger partial charge on any atom is -0.353 e. The number of amides is 1. The molecule has 3 nitrogen and oxygen atoms in total. The van der Waals surface area contributed by atoms with Crippen LogP contribution in [0.5, 0.6) is 0 Å². The van der Waals surface area contributed by atoms with Crippen molar-refractivity contribution in [3.05, 3.63) is 0 Å². The molecule has 0 aromatic carbocycles. The second kappa shape index (κ2) is 8.12. The van der Waals surface area contributed by atoms with Gasteiger partial charge in [-0.15, -0.1) is 0 Å². The molecule has 0 saturated heterocycles. The van der Waals surface area contributed by atoms with Crippen LogP contribution in [0.25, 0.3) is 0 Å². The molecule has 3 N–H and O–H groups in total. The van der Waals surface area contributed by atoms with E-state index in [4.69, 9.17) is 5.73 Å². The van der Waals surface area contributed by atoms with E-state index in [9.17, 15) is 4.79 Å². The molecule has 0 rings (SSSR count). The van der Waals surface area contributed by atoms with Crippen molar-refractivity contribution in [1.29, 1.82) is 0 Å². The maximum atomic E-state index is 11.6. The molecule has 0 aliphatic carbocycles. The first-order valence-corrected chi connectivity index (χ1v) is 6.54. The van der Waals surface area contributed by atoms with Crippen LogP contribution in [-0.4, -0.2) is 30.5 Å². The van der Waals surface area contributed by atoms with Gasteiger partial charge in [0.05, 0.1) is 5.92 Å². The highest BCUT2D eigenvalue weighted by Gasteiger charge is 2.16. The van der Waals surface area contributed by atoms with Crippen molar-refractivity contribution >= 4 is 17.7 Å². The van der Waals surface area contributed by atoms with Gasteiger partial charge < -0.3 is 11.1 Å². The SMILES string of the molecule is CCCC(CN)C(=O)NC(C)CSC. The monoisotopic (exact) mass is 218 g/mol. The molecule has 2 unspecified atom stereocenters. The second-order valence-corrected chi connectivity index (χ2v) is 4.50. The first-order chi connectivity index (χ1) is 6.65. The lowest BCUT2D eigenvalue weighted by molar-refractivity contribution is -0.125. The molecule has 0 fully saturated rings. The summed E-state index contributed by atoms with van der Waals surface area (Å²) >= 11 is 1.74. The Kier molecular flexibility index (Phi) is 7.99. The number of nitrogens with two attached hydrogens (primary N) is 1. The number of nitrogens with one attached hydrogen (secondary N) is 1. The van der Waals surface area contributed by atoms with Crippen LogP contribution in [0.1, 0.15) is 26.7 Å². The van der Waals surface area contributed by atoms with Crippen molar-refractivity contribution in [3.63, 3.8) is 0 Å². The van der Waals surface area contributed by atoms with E-state index in [2.05, 4.69) is 12.2 Å².